The van der Waals surface area contributed by atoms with Crippen LogP contribution in [-0.2, 0) is 0 Å². The molecular formula is C27H25ClN2O. The third kappa shape index (κ3) is 4.11. The number of aliphatic imine (C=N–C) groups is 1. The van der Waals surface area contributed by atoms with E-state index in [0.717, 1.165) is 35.1 Å². The van der Waals surface area contributed by atoms with Crippen LogP contribution in [0.3, 0.4) is 0 Å². The van der Waals surface area contributed by atoms with Crippen molar-refractivity contribution in [2.75, 3.05) is 11.5 Å². The second-order valence-corrected chi connectivity index (χ2v) is 8.36. The largest absolute Gasteiger partial charge is 0.494 e. The van der Waals surface area contributed by atoms with Gasteiger partial charge in [-0.2, -0.15) is 0 Å². The Morgan fingerprint density at radius 3 is 2.58 bits per heavy atom. The van der Waals surface area contributed by atoms with Gasteiger partial charge in [0.1, 0.15) is 11.6 Å². The average molecular weight is 429 g/mol. The number of rotatable bonds is 5. The highest BCUT2D eigenvalue weighted by molar-refractivity contribution is 6.31. The van der Waals surface area contributed by atoms with Crippen molar-refractivity contribution >= 4 is 33.9 Å². The van der Waals surface area contributed by atoms with Gasteiger partial charge >= 0.3 is 0 Å². The Labute approximate surface area is 188 Å². The van der Waals surface area contributed by atoms with Crippen molar-refractivity contribution in [2.45, 2.75) is 31.8 Å². The maximum absolute atomic E-state index is 6.09. The minimum atomic E-state index is 0.139. The van der Waals surface area contributed by atoms with Crippen LogP contribution in [0.15, 0.2) is 95.0 Å². The van der Waals surface area contributed by atoms with Gasteiger partial charge in [0.2, 0.25) is 0 Å². The van der Waals surface area contributed by atoms with E-state index in [9.17, 15) is 0 Å². The summed E-state index contributed by atoms with van der Waals surface area (Å²) >= 11 is 6.09. The van der Waals surface area contributed by atoms with Crippen molar-refractivity contribution < 1.29 is 4.74 Å². The number of allylic oxidation sites excluding steroid dienone is 2. The molecule has 1 heterocycles. The summed E-state index contributed by atoms with van der Waals surface area (Å²) in [5.41, 5.74) is 2.45. The normalized spacial score (nSPS) is 21.8. The Morgan fingerprint density at radius 1 is 1.03 bits per heavy atom. The molecule has 1 aliphatic heterocycles. The summed E-state index contributed by atoms with van der Waals surface area (Å²) in [5, 5.41) is 3.33. The predicted octanol–water partition coefficient (Wildman–Crippen LogP) is 7.04. The van der Waals surface area contributed by atoms with E-state index < -0.39 is 0 Å². The number of amidine groups is 1. The first kappa shape index (κ1) is 19.9. The lowest BCUT2D eigenvalue weighted by atomic mass is 9.90. The van der Waals surface area contributed by atoms with Crippen LogP contribution in [0.2, 0.25) is 0 Å². The smallest absolute Gasteiger partial charge is 0.119 e. The number of nitrogens with zero attached hydrogens (tertiary/aromatic N) is 2. The Hall–Kier alpha value is -3.04. The fourth-order valence-corrected chi connectivity index (χ4v) is 4.46. The number of fused-ring (bicyclic) bond motifs is 1. The highest BCUT2D eigenvalue weighted by Crippen LogP contribution is 2.41. The number of ether oxygens (including phenoxy) is 1. The monoisotopic (exact) mass is 428 g/mol. The molecule has 3 aromatic carbocycles. The van der Waals surface area contributed by atoms with Gasteiger partial charge in [0.05, 0.1) is 18.7 Å². The van der Waals surface area contributed by atoms with Gasteiger partial charge < -0.3 is 9.64 Å². The first-order valence-corrected chi connectivity index (χ1v) is 11.2. The SMILES string of the molecule is CCOc1ccc(N2C(=NC3C=CC(Cl)=CC3)CC2c2ccc3ccccc3c2)cc1. The molecule has 2 aliphatic rings. The summed E-state index contributed by atoms with van der Waals surface area (Å²) in [4.78, 5) is 7.41. The molecule has 1 fully saturated rings. The van der Waals surface area contributed by atoms with E-state index in [1.165, 1.54) is 16.3 Å². The van der Waals surface area contributed by atoms with E-state index in [-0.39, 0.29) is 12.1 Å². The molecule has 1 aliphatic carbocycles. The zero-order valence-corrected chi connectivity index (χ0v) is 18.3. The van der Waals surface area contributed by atoms with Gasteiger partial charge in [-0.3, -0.25) is 4.99 Å². The summed E-state index contributed by atoms with van der Waals surface area (Å²) in [6.45, 7) is 2.67. The van der Waals surface area contributed by atoms with Gasteiger partial charge in [0, 0.05) is 17.1 Å². The maximum Gasteiger partial charge on any atom is 0.119 e. The minimum absolute atomic E-state index is 0.139. The lowest BCUT2D eigenvalue weighted by Crippen LogP contribution is -2.47. The molecule has 3 nitrogen and oxygen atoms in total. The molecule has 0 amide bonds. The highest BCUT2D eigenvalue weighted by atomic mass is 35.5. The number of hydrogen-bond donors (Lipinski definition) is 0. The molecule has 2 atom stereocenters. The molecule has 2 unspecified atom stereocenters. The Morgan fingerprint density at radius 2 is 1.84 bits per heavy atom. The number of halogens is 1. The lowest BCUT2D eigenvalue weighted by molar-refractivity contribution is 0.340. The summed E-state index contributed by atoms with van der Waals surface area (Å²) in [6, 6.07) is 24.0. The van der Waals surface area contributed by atoms with Crippen LogP contribution in [0, 0.1) is 0 Å². The Bertz CT molecular complexity index is 1180. The molecular weight excluding hydrogens is 404 g/mol. The van der Waals surface area contributed by atoms with Gasteiger partial charge in [-0.15, -0.1) is 0 Å². The van der Waals surface area contributed by atoms with E-state index >= 15 is 0 Å². The molecule has 0 radical (unpaired) electrons. The third-order valence-electron chi connectivity index (χ3n) is 5.90. The molecule has 0 aromatic heterocycles. The van der Waals surface area contributed by atoms with Crippen molar-refractivity contribution in [2.24, 2.45) is 4.99 Å². The van der Waals surface area contributed by atoms with Crippen molar-refractivity contribution in [3.8, 4) is 5.75 Å². The molecule has 0 saturated carbocycles. The van der Waals surface area contributed by atoms with E-state index in [0.29, 0.717) is 6.61 Å². The van der Waals surface area contributed by atoms with Gasteiger partial charge in [-0.25, -0.2) is 0 Å². The van der Waals surface area contributed by atoms with Crippen LogP contribution in [0.4, 0.5) is 5.69 Å². The molecule has 1 saturated heterocycles. The fourth-order valence-electron chi connectivity index (χ4n) is 4.30. The van der Waals surface area contributed by atoms with Gasteiger partial charge in [0.15, 0.2) is 0 Å². The second kappa shape index (κ2) is 8.60. The first-order valence-electron chi connectivity index (χ1n) is 10.8. The van der Waals surface area contributed by atoms with Crippen molar-refractivity contribution in [3.05, 3.63) is 95.6 Å². The molecule has 5 rings (SSSR count). The minimum Gasteiger partial charge on any atom is -0.494 e. The number of anilines is 1. The Kier molecular flexibility index (Phi) is 5.52. The molecule has 0 N–H and O–H groups in total. The van der Waals surface area contributed by atoms with Gasteiger partial charge in [0.25, 0.3) is 0 Å². The van der Waals surface area contributed by atoms with Crippen molar-refractivity contribution in [1.82, 2.24) is 0 Å². The van der Waals surface area contributed by atoms with E-state index in [1.807, 2.05) is 31.2 Å². The second-order valence-electron chi connectivity index (χ2n) is 7.92. The summed E-state index contributed by atoms with van der Waals surface area (Å²) in [6.07, 6.45) is 7.84. The van der Waals surface area contributed by atoms with Crippen LogP contribution >= 0.6 is 11.6 Å². The number of hydrogen-bond acceptors (Lipinski definition) is 2. The van der Waals surface area contributed by atoms with E-state index in [4.69, 9.17) is 21.3 Å². The standard InChI is InChI=1S/C27H25ClN2O/c1-2-31-25-15-13-24(14-16-25)30-26(18-27(30)29-23-11-9-22(28)10-12-23)21-8-7-19-5-3-4-6-20(19)17-21/h3-11,13-17,23,26H,2,12,18H2,1H3. The lowest BCUT2D eigenvalue weighted by Gasteiger charge is -2.45. The topological polar surface area (TPSA) is 24.8 Å². The van der Waals surface area contributed by atoms with Crippen LogP contribution in [0.1, 0.15) is 31.4 Å². The predicted molar refractivity (Wildman–Crippen MR) is 130 cm³/mol. The zero-order chi connectivity index (χ0) is 21.2. The highest BCUT2D eigenvalue weighted by Gasteiger charge is 2.37. The third-order valence-corrected chi connectivity index (χ3v) is 6.18. The molecule has 3 aromatic rings. The van der Waals surface area contributed by atoms with Crippen molar-refractivity contribution in [1.29, 1.82) is 0 Å². The molecule has 4 heteroatoms. The average Bonchev–Trinajstić information content (AvgIpc) is 2.79. The Balaban J connectivity index is 1.47. The van der Waals surface area contributed by atoms with E-state index in [1.54, 1.807) is 0 Å². The molecule has 0 spiro atoms. The summed E-state index contributed by atoms with van der Waals surface area (Å²) in [7, 11) is 0. The maximum atomic E-state index is 6.09. The van der Waals surface area contributed by atoms with Crippen LogP contribution < -0.4 is 9.64 Å². The number of benzene rings is 3. The molecule has 156 valence electrons. The van der Waals surface area contributed by atoms with Crippen LogP contribution in [-0.4, -0.2) is 18.5 Å². The van der Waals surface area contributed by atoms with Gasteiger partial charge in [-0.1, -0.05) is 60.2 Å². The fraction of sp³-hybridized carbons (Fsp3) is 0.222. The van der Waals surface area contributed by atoms with Gasteiger partial charge in [-0.05, 0) is 66.1 Å². The molecule has 0 bridgehead atoms. The quantitative estimate of drug-likeness (QED) is 0.435. The molecule has 31 heavy (non-hydrogen) atoms. The van der Waals surface area contributed by atoms with E-state index in [2.05, 4.69) is 65.6 Å². The van der Waals surface area contributed by atoms with Crippen LogP contribution in [0.25, 0.3) is 10.8 Å². The summed E-state index contributed by atoms with van der Waals surface area (Å²) < 4.78 is 5.63. The summed E-state index contributed by atoms with van der Waals surface area (Å²) in [5.74, 6) is 2.01. The van der Waals surface area contributed by atoms with Crippen molar-refractivity contribution in [3.63, 3.8) is 0 Å². The zero-order valence-electron chi connectivity index (χ0n) is 17.5. The van der Waals surface area contributed by atoms with Crippen LogP contribution in [0.5, 0.6) is 5.75 Å². The first-order chi connectivity index (χ1) is 15.2.